The number of methoxy groups -OCH3 is 1. The van der Waals surface area contributed by atoms with Gasteiger partial charge < -0.3 is 10.1 Å². The number of halogens is 1. The molecular formula is C12H14BrN3OS. The first-order valence-electron chi connectivity index (χ1n) is 5.49. The van der Waals surface area contributed by atoms with Crippen molar-refractivity contribution in [1.29, 1.82) is 0 Å². The number of nitrogens with one attached hydrogen (secondary N) is 1. The fraction of sp³-hybridized carbons (Fsp3) is 0.333. The summed E-state index contributed by atoms with van der Waals surface area (Å²) in [4.78, 5) is 9.62. The Labute approximate surface area is 119 Å². The number of ether oxygens (including phenoxy) is 1. The zero-order valence-corrected chi connectivity index (χ0v) is 12.6. The van der Waals surface area contributed by atoms with Crippen LogP contribution in [0.25, 0.3) is 0 Å². The van der Waals surface area contributed by atoms with Crippen LogP contribution >= 0.6 is 27.3 Å². The molecule has 96 valence electrons. The Morgan fingerprint density at radius 1 is 1.50 bits per heavy atom. The third-order valence-electron chi connectivity index (χ3n) is 2.66. The number of rotatable bonds is 5. The van der Waals surface area contributed by atoms with Gasteiger partial charge in [-0.2, -0.15) is 0 Å². The van der Waals surface area contributed by atoms with Crippen molar-refractivity contribution in [3.05, 3.63) is 38.9 Å². The van der Waals surface area contributed by atoms with Gasteiger partial charge in [-0.3, -0.25) is 0 Å². The van der Waals surface area contributed by atoms with E-state index in [4.69, 9.17) is 4.74 Å². The Morgan fingerprint density at radius 2 is 2.33 bits per heavy atom. The van der Waals surface area contributed by atoms with Gasteiger partial charge in [0, 0.05) is 21.8 Å². The largest absolute Gasteiger partial charge is 0.481 e. The highest BCUT2D eigenvalue weighted by atomic mass is 79.9. The molecule has 0 amide bonds. The van der Waals surface area contributed by atoms with E-state index in [9.17, 15) is 0 Å². The van der Waals surface area contributed by atoms with Crippen molar-refractivity contribution in [3.8, 4) is 5.88 Å². The fourth-order valence-electron chi connectivity index (χ4n) is 1.67. The Balaban J connectivity index is 2.20. The first kappa shape index (κ1) is 13.5. The van der Waals surface area contributed by atoms with Crippen molar-refractivity contribution >= 4 is 27.3 Å². The van der Waals surface area contributed by atoms with Crippen molar-refractivity contribution in [3.63, 3.8) is 0 Å². The van der Waals surface area contributed by atoms with Gasteiger partial charge in [0.25, 0.3) is 0 Å². The molecule has 6 heteroatoms. The molecule has 1 atom stereocenters. The summed E-state index contributed by atoms with van der Waals surface area (Å²) in [5.74, 6) is 0.588. The third kappa shape index (κ3) is 3.07. The number of aromatic nitrogens is 2. The number of likely N-dealkylation sites (N-methyl/N-ethyl adjacent to an activating group) is 1. The molecule has 2 aromatic heterocycles. The number of thiophene rings is 1. The number of nitrogens with zero attached hydrogens (tertiary/aromatic N) is 2. The predicted molar refractivity (Wildman–Crippen MR) is 76.1 cm³/mol. The summed E-state index contributed by atoms with van der Waals surface area (Å²) < 4.78 is 6.27. The van der Waals surface area contributed by atoms with Crippen LogP contribution in [0.4, 0.5) is 0 Å². The molecule has 2 aromatic rings. The highest BCUT2D eigenvalue weighted by molar-refractivity contribution is 9.10. The van der Waals surface area contributed by atoms with E-state index in [1.54, 1.807) is 18.4 Å². The van der Waals surface area contributed by atoms with Crippen LogP contribution in [0.5, 0.6) is 5.88 Å². The van der Waals surface area contributed by atoms with Gasteiger partial charge in [-0.25, -0.2) is 9.97 Å². The third-order valence-corrected chi connectivity index (χ3v) is 4.61. The lowest BCUT2D eigenvalue weighted by Crippen LogP contribution is -2.20. The highest BCUT2D eigenvalue weighted by Gasteiger charge is 2.15. The first-order chi connectivity index (χ1) is 8.74. The maximum absolute atomic E-state index is 5.12. The molecule has 2 heterocycles. The molecule has 0 aliphatic rings. The number of hydrogen-bond donors (Lipinski definition) is 1. The Kier molecular flexibility index (Phi) is 4.68. The van der Waals surface area contributed by atoms with Gasteiger partial charge in [0.15, 0.2) is 0 Å². The second-order valence-electron chi connectivity index (χ2n) is 3.72. The van der Waals surface area contributed by atoms with E-state index in [-0.39, 0.29) is 6.04 Å². The zero-order chi connectivity index (χ0) is 13.0. The molecule has 0 spiro atoms. The predicted octanol–water partition coefficient (Wildman–Crippen LogP) is 2.81. The monoisotopic (exact) mass is 327 g/mol. The lowest BCUT2D eigenvalue weighted by molar-refractivity contribution is 0.394. The Hall–Kier alpha value is -0.980. The minimum Gasteiger partial charge on any atom is -0.481 e. The molecule has 0 radical (unpaired) electrons. The summed E-state index contributed by atoms with van der Waals surface area (Å²) >= 11 is 5.29. The molecule has 0 aliphatic carbocycles. The summed E-state index contributed by atoms with van der Waals surface area (Å²) in [6, 6.07) is 4.08. The summed E-state index contributed by atoms with van der Waals surface area (Å²) in [5, 5.41) is 5.35. The van der Waals surface area contributed by atoms with Crippen LogP contribution in [-0.4, -0.2) is 24.1 Å². The van der Waals surface area contributed by atoms with Crippen molar-refractivity contribution in [2.45, 2.75) is 12.5 Å². The molecule has 0 saturated carbocycles. The molecule has 1 N–H and O–H groups in total. The molecule has 0 fully saturated rings. The quantitative estimate of drug-likeness (QED) is 0.917. The molecular weight excluding hydrogens is 314 g/mol. The van der Waals surface area contributed by atoms with E-state index in [0.29, 0.717) is 5.88 Å². The van der Waals surface area contributed by atoms with Crippen LogP contribution in [0.1, 0.15) is 16.6 Å². The van der Waals surface area contributed by atoms with Gasteiger partial charge in [-0.05, 0) is 34.4 Å². The molecule has 4 nitrogen and oxygen atoms in total. The topological polar surface area (TPSA) is 47.0 Å². The standard InChI is InChI=1S/C12H14BrN3OS/c1-14-9(5-11-8(13)3-4-18-11)10-6-12(17-2)16-7-15-10/h3-4,6-7,9,14H,5H2,1-2H3. The van der Waals surface area contributed by atoms with Gasteiger partial charge in [0.2, 0.25) is 5.88 Å². The van der Waals surface area contributed by atoms with Crippen molar-refractivity contribution in [2.75, 3.05) is 14.2 Å². The van der Waals surface area contributed by atoms with Gasteiger partial charge in [-0.1, -0.05) is 0 Å². The molecule has 0 aromatic carbocycles. The van der Waals surface area contributed by atoms with E-state index >= 15 is 0 Å². The van der Waals surface area contributed by atoms with Crippen LogP contribution in [0.2, 0.25) is 0 Å². The van der Waals surface area contributed by atoms with E-state index in [0.717, 1.165) is 16.6 Å². The normalized spacial score (nSPS) is 12.4. The average Bonchev–Trinajstić information content (AvgIpc) is 2.81. The average molecular weight is 328 g/mol. The summed E-state index contributed by atoms with van der Waals surface area (Å²) in [6.45, 7) is 0. The smallest absolute Gasteiger partial charge is 0.216 e. The lowest BCUT2D eigenvalue weighted by atomic mass is 10.1. The SMILES string of the molecule is CNC(Cc1sccc1Br)c1cc(OC)ncn1. The van der Waals surface area contributed by atoms with Gasteiger partial charge in [-0.15, -0.1) is 11.3 Å². The minimum absolute atomic E-state index is 0.150. The fourth-order valence-corrected chi connectivity index (χ4v) is 3.23. The highest BCUT2D eigenvalue weighted by Crippen LogP contribution is 2.28. The van der Waals surface area contributed by atoms with Crippen LogP contribution in [-0.2, 0) is 6.42 Å². The van der Waals surface area contributed by atoms with E-state index in [2.05, 4.69) is 42.7 Å². The molecule has 0 saturated heterocycles. The second-order valence-corrected chi connectivity index (χ2v) is 5.58. The maximum Gasteiger partial charge on any atom is 0.216 e. The molecule has 2 rings (SSSR count). The van der Waals surface area contributed by atoms with Gasteiger partial charge >= 0.3 is 0 Å². The van der Waals surface area contributed by atoms with Crippen molar-refractivity contribution < 1.29 is 4.74 Å². The van der Waals surface area contributed by atoms with Crippen molar-refractivity contribution in [1.82, 2.24) is 15.3 Å². The summed E-state index contributed by atoms with van der Waals surface area (Å²) in [5.41, 5.74) is 0.935. The summed E-state index contributed by atoms with van der Waals surface area (Å²) in [7, 11) is 3.54. The van der Waals surface area contributed by atoms with Crippen LogP contribution in [0.3, 0.4) is 0 Å². The Bertz CT molecular complexity index is 518. The summed E-state index contributed by atoms with van der Waals surface area (Å²) in [6.07, 6.45) is 2.41. The molecule has 0 bridgehead atoms. The van der Waals surface area contributed by atoms with Crippen molar-refractivity contribution in [2.24, 2.45) is 0 Å². The van der Waals surface area contributed by atoms with E-state index in [1.165, 1.54) is 11.2 Å². The maximum atomic E-state index is 5.12. The van der Waals surface area contributed by atoms with Gasteiger partial charge in [0.1, 0.15) is 6.33 Å². The van der Waals surface area contributed by atoms with Crippen LogP contribution in [0, 0.1) is 0 Å². The molecule has 1 unspecified atom stereocenters. The van der Waals surface area contributed by atoms with E-state index in [1.807, 2.05) is 13.1 Å². The minimum atomic E-state index is 0.150. The number of hydrogen-bond acceptors (Lipinski definition) is 5. The molecule has 0 aliphatic heterocycles. The van der Waals surface area contributed by atoms with E-state index < -0.39 is 0 Å². The zero-order valence-electron chi connectivity index (χ0n) is 10.2. The van der Waals surface area contributed by atoms with Crippen LogP contribution in [0.15, 0.2) is 28.3 Å². The Morgan fingerprint density at radius 3 is 2.94 bits per heavy atom. The second kappa shape index (κ2) is 6.26. The molecule has 18 heavy (non-hydrogen) atoms. The van der Waals surface area contributed by atoms with Crippen LogP contribution < -0.4 is 10.1 Å². The lowest BCUT2D eigenvalue weighted by Gasteiger charge is -2.15. The van der Waals surface area contributed by atoms with Gasteiger partial charge in [0.05, 0.1) is 18.8 Å². The first-order valence-corrected chi connectivity index (χ1v) is 7.17.